The minimum absolute atomic E-state index is 0. The third-order valence-electron chi connectivity index (χ3n) is 3.78. The van der Waals surface area contributed by atoms with Crippen LogP contribution in [0.3, 0.4) is 0 Å². The van der Waals surface area contributed by atoms with E-state index in [1.165, 1.54) is 12.8 Å². The molecule has 0 N–H and O–H groups in total. The molecule has 0 atom stereocenters. The van der Waals surface area contributed by atoms with E-state index >= 15 is 0 Å². The molecule has 3 heteroatoms. The van der Waals surface area contributed by atoms with Crippen molar-refractivity contribution < 1.29 is 26.1 Å². The van der Waals surface area contributed by atoms with Crippen LogP contribution >= 0.6 is 0 Å². The number of rotatable bonds is 4. The summed E-state index contributed by atoms with van der Waals surface area (Å²) in [7, 11) is 0. The summed E-state index contributed by atoms with van der Waals surface area (Å²) >= 11 is -4.44. The zero-order chi connectivity index (χ0) is 14.3. The van der Waals surface area contributed by atoms with Crippen molar-refractivity contribution in [1.82, 2.24) is 0 Å². The first-order valence-corrected chi connectivity index (χ1v) is 36.9. The van der Waals surface area contributed by atoms with Gasteiger partial charge in [-0.15, -0.1) is 0 Å². The molecule has 2 aliphatic rings. The summed E-state index contributed by atoms with van der Waals surface area (Å²) < 4.78 is 23.1. The van der Waals surface area contributed by atoms with Crippen LogP contribution < -0.4 is 0 Å². The number of hydrogen-bond donors (Lipinski definition) is 0. The van der Waals surface area contributed by atoms with Gasteiger partial charge in [-0.1, -0.05) is 0 Å². The van der Waals surface area contributed by atoms with Crippen molar-refractivity contribution in [3.8, 4) is 0 Å². The Hall–Kier alpha value is 1.69. The molecule has 0 aromatic carbocycles. The molecule has 0 fully saturated rings. The second kappa shape index (κ2) is 6.43. The first-order chi connectivity index (χ1) is 8.69. The zero-order valence-corrected chi connectivity index (χ0v) is 23.5. The van der Waals surface area contributed by atoms with Crippen LogP contribution in [0.1, 0.15) is 15.7 Å². The Bertz CT molecular complexity index is 457. The van der Waals surface area contributed by atoms with Gasteiger partial charge in [-0.05, 0) is 0 Å². The summed E-state index contributed by atoms with van der Waals surface area (Å²) in [6, 6.07) is 0. The first kappa shape index (κ1) is 17.0. The van der Waals surface area contributed by atoms with Crippen LogP contribution in [-0.2, 0) is 23.2 Å². The van der Waals surface area contributed by atoms with Gasteiger partial charge in [-0.3, -0.25) is 0 Å². The monoisotopic (exact) mass is 726 g/mol. The van der Waals surface area contributed by atoms with Crippen LogP contribution in [0.25, 0.3) is 0 Å². The van der Waals surface area contributed by atoms with Gasteiger partial charge in [-0.25, -0.2) is 0 Å². The molecule has 0 nitrogen and oxygen atoms in total. The molecule has 0 saturated heterocycles. The predicted molar refractivity (Wildman–Crippen MR) is 90.5 cm³/mol. The molecule has 2 rings (SSSR count). The molecule has 0 bridgehead atoms. The van der Waals surface area contributed by atoms with Gasteiger partial charge in [0.15, 0.2) is 0 Å². The zero-order valence-electron chi connectivity index (χ0n) is 15.2. The van der Waals surface area contributed by atoms with Gasteiger partial charge in [0.2, 0.25) is 0 Å². The van der Waals surface area contributed by atoms with Gasteiger partial charge >= 0.3 is 142 Å². The third kappa shape index (κ3) is 4.34. The van der Waals surface area contributed by atoms with Gasteiger partial charge in [0.1, 0.15) is 0 Å². The van der Waals surface area contributed by atoms with Crippen molar-refractivity contribution in [3.05, 3.63) is 37.1 Å². The van der Waals surface area contributed by atoms with E-state index in [2.05, 4.69) is 51.2 Å². The standard InChI is InChI=1S/2C5H4.6CH3.2Pb.Zr.2H/c2*1-2-4-5-3-1;;;;;;;;;;;/h2*1-2H,3H2;6*1H3;;;;;/q;;;;;;;;;;;2*-1. The Kier molecular flexibility index (Phi) is 5.77. The molecule has 0 aromatic rings. The van der Waals surface area contributed by atoms with E-state index in [4.69, 9.17) is 0 Å². The summed E-state index contributed by atoms with van der Waals surface area (Å²) in [4.78, 5) is 0. The Labute approximate surface area is 143 Å². The van der Waals surface area contributed by atoms with Crippen LogP contribution in [0.15, 0.2) is 37.1 Å². The molecule has 0 radical (unpaired) electrons. The molecule has 2 aliphatic carbocycles. The van der Waals surface area contributed by atoms with Gasteiger partial charge in [0.05, 0.1) is 0 Å². The molecular weight excluding hydrogens is 698 g/mol. The second-order valence-electron chi connectivity index (χ2n) is 7.62. The maximum absolute atomic E-state index is 2.59. The molecule has 19 heavy (non-hydrogen) atoms. The fraction of sp³-hybridized carbons (Fsp3) is 0.500. The molecule has 0 aromatic heterocycles. The van der Waals surface area contributed by atoms with Crippen molar-refractivity contribution in [2.24, 2.45) is 0 Å². The fourth-order valence-corrected chi connectivity index (χ4v) is 37.6. The van der Waals surface area contributed by atoms with Crippen LogP contribution in [0.4, 0.5) is 0 Å². The van der Waals surface area contributed by atoms with Crippen molar-refractivity contribution >= 4 is 42.3 Å². The van der Waals surface area contributed by atoms with E-state index in [9.17, 15) is 0 Å². The average Bonchev–Trinajstić information content (AvgIpc) is 2.83. The summed E-state index contributed by atoms with van der Waals surface area (Å²) in [6.45, 7) is 0. The van der Waals surface area contributed by atoms with E-state index in [1.54, 1.807) is 0 Å². The predicted octanol–water partition coefficient (Wildman–Crippen LogP) is 5.48. The second-order valence-corrected chi connectivity index (χ2v) is 50.4. The smallest absolute Gasteiger partial charge is 1.00 e. The molecule has 0 unspecified atom stereocenters. The number of hydrogen-bond acceptors (Lipinski definition) is 0. The molecule has 0 aliphatic heterocycles. The van der Waals surface area contributed by atoms with E-state index in [0.29, 0.717) is 0 Å². The Morgan fingerprint density at radius 1 is 0.789 bits per heavy atom. The average molecular weight is 726 g/mol. The van der Waals surface area contributed by atoms with E-state index < -0.39 is 65.6 Å². The molecule has 0 heterocycles. The van der Waals surface area contributed by atoms with Gasteiger partial charge in [-0.2, -0.15) is 0 Å². The summed E-state index contributed by atoms with van der Waals surface area (Å²) in [5, 5.41) is 0. The summed E-state index contributed by atoms with van der Waals surface area (Å²) in [5.74, 6) is 0. The van der Waals surface area contributed by atoms with E-state index in [-0.39, 0.29) is 2.85 Å². The topological polar surface area (TPSA) is 0 Å². The SMILES string of the molecule is [CH3][Pb]([CH3])([CH3])[C]1=[C]([Zr][C]2=[C]([Pb]([CH3])([CH3])[CH3])C=CC2)CC=C1.[H-].[H-]. The molecule has 0 spiro atoms. The Balaban J connectivity index is 0.00000200. The minimum atomic E-state index is -1.99. The number of allylic oxidation sites excluding steroid dienone is 8. The normalized spacial score (nSPS) is 19.9. The van der Waals surface area contributed by atoms with Gasteiger partial charge < -0.3 is 2.85 Å². The first-order valence-electron chi connectivity index (χ1n) is 7.27. The maximum Gasteiger partial charge on any atom is -1.00 e. The van der Waals surface area contributed by atoms with E-state index in [1.807, 2.05) is 12.8 Å². The van der Waals surface area contributed by atoms with Crippen molar-refractivity contribution in [1.29, 1.82) is 0 Å². The maximum atomic E-state index is 2.59. The molecule has 0 amide bonds. The largest absolute Gasteiger partial charge is 1.00 e. The molecule has 106 valence electrons. The van der Waals surface area contributed by atoms with Crippen LogP contribution in [0.2, 0.25) is 26.9 Å². The molecular formula is C16H28Pb2Zr-2. The summed E-state index contributed by atoms with van der Waals surface area (Å²) in [6.07, 6.45) is 12.5. The van der Waals surface area contributed by atoms with Crippen molar-refractivity contribution in [3.63, 3.8) is 0 Å². The van der Waals surface area contributed by atoms with Gasteiger partial charge in [0, 0.05) is 0 Å². The van der Waals surface area contributed by atoms with Crippen LogP contribution in [0, 0.1) is 0 Å². The van der Waals surface area contributed by atoms with Gasteiger partial charge in [0.25, 0.3) is 0 Å². The fourth-order valence-electron chi connectivity index (χ4n) is 2.83. The van der Waals surface area contributed by atoms with Crippen molar-refractivity contribution in [2.45, 2.75) is 39.7 Å². The summed E-state index contributed by atoms with van der Waals surface area (Å²) in [5.41, 5.74) is 0. The van der Waals surface area contributed by atoms with Crippen LogP contribution in [-0.4, -0.2) is 42.3 Å². The van der Waals surface area contributed by atoms with Crippen LogP contribution in [0.5, 0.6) is 0 Å². The molecule has 0 saturated carbocycles. The van der Waals surface area contributed by atoms with Crippen molar-refractivity contribution in [2.75, 3.05) is 0 Å². The Morgan fingerprint density at radius 2 is 1.16 bits per heavy atom. The Morgan fingerprint density at radius 3 is 1.47 bits per heavy atom. The minimum Gasteiger partial charge on any atom is -1.00 e. The quantitative estimate of drug-likeness (QED) is 0.338. The third-order valence-corrected chi connectivity index (χ3v) is 28.6. The van der Waals surface area contributed by atoms with E-state index in [0.717, 1.165) is 0 Å².